The SMILES string of the molecule is CCCCC/C=C/C/C=C/CCCCCCCC(=O)O[C@H](COC(=O)CCCCCCCCC/C=C/CCCCCC)COP(=O)(O)O. The molecule has 0 rings (SSSR count). The molecule has 0 fully saturated rings. The highest BCUT2D eigenvalue weighted by Crippen LogP contribution is 2.36. The zero-order chi connectivity index (χ0) is 35.4. The second kappa shape index (κ2) is 35.1. The van der Waals surface area contributed by atoms with Crippen LogP contribution in [-0.4, -0.2) is 41.0 Å². The molecule has 1 atom stereocenters. The van der Waals surface area contributed by atoms with Crippen LogP contribution in [0.2, 0.25) is 0 Å². The third kappa shape index (κ3) is 37.1. The Labute approximate surface area is 293 Å². The maximum absolute atomic E-state index is 12.4. The van der Waals surface area contributed by atoms with Crippen LogP contribution in [-0.2, 0) is 28.2 Å². The molecule has 0 aliphatic carbocycles. The monoisotopic (exact) mass is 698 g/mol. The van der Waals surface area contributed by atoms with Crippen molar-refractivity contribution in [3.63, 3.8) is 0 Å². The third-order valence-corrected chi connectivity index (χ3v) is 8.62. The molecule has 0 bridgehead atoms. The van der Waals surface area contributed by atoms with Crippen molar-refractivity contribution in [1.82, 2.24) is 0 Å². The predicted molar refractivity (Wildman–Crippen MR) is 198 cm³/mol. The molecule has 280 valence electrons. The van der Waals surface area contributed by atoms with Crippen LogP contribution < -0.4 is 0 Å². The molecule has 0 aromatic carbocycles. The molecular formula is C39H71O8P. The van der Waals surface area contributed by atoms with Crippen molar-refractivity contribution in [2.24, 2.45) is 0 Å². The van der Waals surface area contributed by atoms with E-state index in [2.05, 4.69) is 54.8 Å². The minimum Gasteiger partial charge on any atom is -0.462 e. The Balaban J connectivity index is 3.99. The highest BCUT2D eigenvalue weighted by Gasteiger charge is 2.22. The second-order valence-corrected chi connectivity index (χ2v) is 14.1. The number of allylic oxidation sites excluding steroid dienone is 6. The van der Waals surface area contributed by atoms with Gasteiger partial charge in [-0.3, -0.25) is 14.1 Å². The van der Waals surface area contributed by atoms with Gasteiger partial charge in [-0.15, -0.1) is 0 Å². The Hall–Kier alpha value is -1.73. The van der Waals surface area contributed by atoms with Gasteiger partial charge in [0.05, 0.1) is 6.61 Å². The van der Waals surface area contributed by atoms with E-state index in [-0.39, 0.29) is 19.4 Å². The van der Waals surface area contributed by atoms with E-state index < -0.39 is 32.5 Å². The van der Waals surface area contributed by atoms with E-state index >= 15 is 0 Å². The lowest BCUT2D eigenvalue weighted by Gasteiger charge is -2.18. The van der Waals surface area contributed by atoms with Gasteiger partial charge in [-0.25, -0.2) is 4.57 Å². The van der Waals surface area contributed by atoms with Crippen LogP contribution in [0.3, 0.4) is 0 Å². The summed E-state index contributed by atoms with van der Waals surface area (Å²) in [6.07, 6.45) is 40.0. The van der Waals surface area contributed by atoms with Gasteiger partial charge in [0.15, 0.2) is 6.10 Å². The van der Waals surface area contributed by atoms with E-state index in [9.17, 15) is 14.2 Å². The highest BCUT2D eigenvalue weighted by atomic mass is 31.2. The molecule has 0 aromatic heterocycles. The van der Waals surface area contributed by atoms with Crippen molar-refractivity contribution in [2.45, 2.75) is 187 Å². The largest absolute Gasteiger partial charge is 0.469 e. The van der Waals surface area contributed by atoms with Gasteiger partial charge in [0.25, 0.3) is 0 Å². The Morgan fingerprint density at radius 3 is 1.44 bits per heavy atom. The number of ether oxygens (including phenoxy) is 2. The molecule has 0 amide bonds. The Kier molecular flexibility index (Phi) is 33.8. The van der Waals surface area contributed by atoms with E-state index in [1.807, 2.05) is 0 Å². The topological polar surface area (TPSA) is 119 Å². The van der Waals surface area contributed by atoms with Crippen LogP contribution in [0.1, 0.15) is 181 Å². The highest BCUT2D eigenvalue weighted by molar-refractivity contribution is 7.46. The van der Waals surface area contributed by atoms with Crippen molar-refractivity contribution in [3.05, 3.63) is 36.5 Å². The van der Waals surface area contributed by atoms with Gasteiger partial charge in [-0.05, 0) is 70.6 Å². The van der Waals surface area contributed by atoms with Gasteiger partial charge >= 0.3 is 19.8 Å². The first kappa shape index (κ1) is 46.3. The number of phosphoric acid groups is 1. The molecule has 2 N–H and O–H groups in total. The number of carbonyl (C=O) groups is 2. The lowest BCUT2D eigenvalue weighted by Crippen LogP contribution is -2.29. The van der Waals surface area contributed by atoms with Crippen molar-refractivity contribution in [2.75, 3.05) is 13.2 Å². The van der Waals surface area contributed by atoms with Crippen molar-refractivity contribution >= 4 is 19.8 Å². The van der Waals surface area contributed by atoms with Gasteiger partial charge < -0.3 is 19.3 Å². The summed E-state index contributed by atoms with van der Waals surface area (Å²) >= 11 is 0. The van der Waals surface area contributed by atoms with Crippen LogP contribution in [0.5, 0.6) is 0 Å². The van der Waals surface area contributed by atoms with E-state index in [1.54, 1.807) is 0 Å². The molecule has 48 heavy (non-hydrogen) atoms. The first-order valence-electron chi connectivity index (χ1n) is 19.3. The number of hydrogen-bond acceptors (Lipinski definition) is 6. The minimum atomic E-state index is -4.75. The first-order chi connectivity index (χ1) is 23.3. The lowest BCUT2D eigenvalue weighted by atomic mass is 10.1. The molecule has 0 aromatic rings. The summed E-state index contributed by atoms with van der Waals surface area (Å²) in [5.41, 5.74) is 0. The van der Waals surface area contributed by atoms with Crippen molar-refractivity contribution in [3.8, 4) is 0 Å². The summed E-state index contributed by atoms with van der Waals surface area (Å²) < 4.78 is 26.3. The Morgan fingerprint density at radius 2 is 0.938 bits per heavy atom. The minimum absolute atomic E-state index is 0.195. The maximum atomic E-state index is 12.4. The number of hydrogen-bond donors (Lipinski definition) is 2. The quantitative estimate of drug-likeness (QED) is 0.0290. The van der Waals surface area contributed by atoms with E-state index in [0.717, 1.165) is 70.6 Å². The summed E-state index contributed by atoms with van der Waals surface area (Å²) in [6.45, 7) is 3.62. The fourth-order valence-corrected chi connectivity index (χ4v) is 5.58. The summed E-state index contributed by atoms with van der Waals surface area (Å²) in [5.74, 6) is -0.906. The zero-order valence-electron chi connectivity index (χ0n) is 30.6. The molecule has 8 nitrogen and oxygen atoms in total. The third-order valence-electron chi connectivity index (χ3n) is 8.13. The average Bonchev–Trinajstić information content (AvgIpc) is 3.05. The number of unbranched alkanes of at least 4 members (excludes halogenated alkanes) is 19. The van der Waals surface area contributed by atoms with Gasteiger partial charge in [-0.1, -0.05) is 134 Å². The van der Waals surface area contributed by atoms with Crippen LogP contribution in [0.4, 0.5) is 0 Å². The maximum Gasteiger partial charge on any atom is 0.469 e. The fourth-order valence-electron chi connectivity index (χ4n) is 5.22. The van der Waals surface area contributed by atoms with Crippen LogP contribution in [0, 0.1) is 0 Å². The van der Waals surface area contributed by atoms with Gasteiger partial charge in [0.2, 0.25) is 0 Å². The van der Waals surface area contributed by atoms with Crippen LogP contribution in [0.15, 0.2) is 36.5 Å². The molecule has 0 saturated carbocycles. The fraction of sp³-hybridized carbons (Fsp3) is 0.795. The van der Waals surface area contributed by atoms with Crippen LogP contribution >= 0.6 is 7.82 Å². The first-order valence-corrected chi connectivity index (χ1v) is 20.8. The number of carbonyl (C=O) groups excluding carboxylic acids is 2. The van der Waals surface area contributed by atoms with E-state index in [0.29, 0.717) is 6.42 Å². The predicted octanol–water partition coefficient (Wildman–Crippen LogP) is 11.4. The molecule has 0 heterocycles. The molecule has 0 aliphatic rings. The molecule has 0 saturated heterocycles. The molecule has 0 spiro atoms. The molecule has 9 heteroatoms. The summed E-state index contributed by atoms with van der Waals surface area (Å²) in [7, 11) is -4.75. The summed E-state index contributed by atoms with van der Waals surface area (Å²) in [5, 5.41) is 0. The normalized spacial score (nSPS) is 12.8. The molecular weight excluding hydrogens is 627 g/mol. The smallest absolute Gasteiger partial charge is 0.462 e. The molecule has 0 aliphatic heterocycles. The summed E-state index contributed by atoms with van der Waals surface area (Å²) in [6, 6.07) is 0. The van der Waals surface area contributed by atoms with Crippen molar-refractivity contribution < 1.29 is 37.9 Å². The van der Waals surface area contributed by atoms with Gasteiger partial charge in [0, 0.05) is 12.8 Å². The average molecular weight is 699 g/mol. The van der Waals surface area contributed by atoms with Crippen molar-refractivity contribution in [1.29, 1.82) is 0 Å². The van der Waals surface area contributed by atoms with Gasteiger partial charge in [0.1, 0.15) is 6.61 Å². The van der Waals surface area contributed by atoms with E-state index in [4.69, 9.17) is 19.3 Å². The standard InChI is InChI=1S/C39H71O8P/c1-3-5-7-9-11-13-15-17-19-21-23-25-27-29-31-33-38(40)45-35-37(36-46-48(42,43)44)47-39(41)34-32-30-28-26-24-22-20-18-16-14-12-10-8-6-4-2/h12-15,18,20,37H,3-11,16-17,19,21-36H2,1-2H3,(H2,42,43,44)/b14-12+,15-13+,20-18+/t37-/m1/s1. The lowest BCUT2D eigenvalue weighted by molar-refractivity contribution is -0.161. The zero-order valence-corrected chi connectivity index (χ0v) is 31.5. The summed E-state index contributed by atoms with van der Waals surface area (Å²) in [4.78, 5) is 42.7. The number of phosphoric ester groups is 1. The van der Waals surface area contributed by atoms with E-state index in [1.165, 1.54) is 77.0 Å². The number of esters is 2. The molecule has 0 unspecified atom stereocenters. The number of rotatable bonds is 35. The van der Waals surface area contributed by atoms with Crippen LogP contribution in [0.25, 0.3) is 0 Å². The Morgan fingerprint density at radius 1 is 0.542 bits per heavy atom. The second-order valence-electron chi connectivity index (χ2n) is 12.9. The Bertz CT molecular complexity index is 879. The molecule has 0 radical (unpaired) electrons. The van der Waals surface area contributed by atoms with Gasteiger partial charge in [-0.2, -0.15) is 0 Å².